The van der Waals surface area contributed by atoms with E-state index < -0.39 is 4.92 Å². The first-order valence-corrected chi connectivity index (χ1v) is 3.91. The van der Waals surface area contributed by atoms with Gasteiger partial charge in [-0.1, -0.05) is 0 Å². The maximum atomic E-state index is 10.5. The predicted octanol–water partition coefficient (Wildman–Crippen LogP) is 1.49. The number of non-ortho nitro benzene ring substituents is 1. The SMILES string of the molecule is Cc1nc2c(O)cc([N+](=O)[O-])cc2[nH]1. The van der Waals surface area contributed by atoms with Crippen molar-refractivity contribution in [2.75, 3.05) is 0 Å². The minimum absolute atomic E-state index is 0.154. The van der Waals surface area contributed by atoms with Crippen LogP contribution in [0.5, 0.6) is 5.75 Å². The van der Waals surface area contributed by atoms with Crippen molar-refractivity contribution in [1.29, 1.82) is 0 Å². The number of aromatic amines is 1. The number of phenols is 1. The minimum Gasteiger partial charge on any atom is -0.505 e. The molecule has 0 unspecified atom stereocenters. The number of rotatable bonds is 1. The molecular formula is C8H7N3O3. The van der Waals surface area contributed by atoms with Gasteiger partial charge in [0.15, 0.2) is 0 Å². The summed E-state index contributed by atoms with van der Waals surface area (Å²) in [6, 6.07) is 2.43. The zero-order valence-electron chi connectivity index (χ0n) is 7.31. The first-order valence-electron chi connectivity index (χ1n) is 3.91. The molecule has 2 rings (SSSR count). The molecule has 1 heterocycles. The fourth-order valence-corrected chi connectivity index (χ4v) is 1.31. The van der Waals surface area contributed by atoms with Crippen LogP contribution in [0.2, 0.25) is 0 Å². The Morgan fingerprint density at radius 1 is 1.57 bits per heavy atom. The van der Waals surface area contributed by atoms with Crippen LogP contribution < -0.4 is 0 Å². The highest BCUT2D eigenvalue weighted by Gasteiger charge is 2.13. The first-order chi connectivity index (χ1) is 6.58. The lowest BCUT2D eigenvalue weighted by Crippen LogP contribution is -1.87. The van der Waals surface area contributed by atoms with Gasteiger partial charge in [0.1, 0.15) is 17.1 Å². The third kappa shape index (κ3) is 1.17. The van der Waals surface area contributed by atoms with Crippen LogP contribution >= 0.6 is 0 Å². The molecule has 2 N–H and O–H groups in total. The number of nitro groups is 1. The summed E-state index contributed by atoms with van der Waals surface area (Å²) in [7, 11) is 0. The molecule has 6 heteroatoms. The highest BCUT2D eigenvalue weighted by atomic mass is 16.6. The van der Waals surface area contributed by atoms with E-state index in [2.05, 4.69) is 9.97 Å². The number of aromatic nitrogens is 2. The molecule has 1 aromatic carbocycles. The van der Waals surface area contributed by atoms with Crippen LogP contribution in [0, 0.1) is 17.0 Å². The zero-order chi connectivity index (χ0) is 10.3. The number of benzene rings is 1. The van der Waals surface area contributed by atoms with Gasteiger partial charge in [0.2, 0.25) is 0 Å². The Kier molecular flexibility index (Phi) is 1.63. The summed E-state index contributed by atoms with van der Waals surface area (Å²) in [6.45, 7) is 1.71. The van der Waals surface area contributed by atoms with Crippen LogP contribution in [0.3, 0.4) is 0 Å². The van der Waals surface area contributed by atoms with Gasteiger partial charge in [0.25, 0.3) is 5.69 Å². The Hall–Kier alpha value is -2.11. The summed E-state index contributed by atoms with van der Waals surface area (Å²) in [4.78, 5) is 16.7. The molecule has 0 fully saturated rings. The van der Waals surface area contributed by atoms with Crippen LogP contribution in [-0.4, -0.2) is 20.0 Å². The number of H-pyrrole nitrogens is 1. The molecule has 14 heavy (non-hydrogen) atoms. The number of hydrogen-bond acceptors (Lipinski definition) is 4. The number of phenolic OH excluding ortho intramolecular Hbond substituents is 1. The van der Waals surface area contributed by atoms with Gasteiger partial charge in [-0.25, -0.2) is 4.98 Å². The smallest absolute Gasteiger partial charge is 0.275 e. The van der Waals surface area contributed by atoms with Crippen molar-refractivity contribution in [3.63, 3.8) is 0 Å². The maximum absolute atomic E-state index is 10.5. The van der Waals surface area contributed by atoms with Crippen molar-refractivity contribution >= 4 is 16.7 Å². The Bertz CT molecular complexity index is 518. The summed E-state index contributed by atoms with van der Waals surface area (Å²) in [5.41, 5.74) is 0.668. The number of nitrogens with zero attached hydrogens (tertiary/aromatic N) is 2. The highest BCUT2D eigenvalue weighted by molar-refractivity contribution is 5.84. The average Bonchev–Trinajstić information content (AvgIpc) is 2.45. The van der Waals surface area contributed by atoms with Gasteiger partial charge in [0, 0.05) is 6.07 Å². The average molecular weight is 193 g/mol. The zero-order valence-corrected chi connectivity index (χ0v) is 7.31. The molecule has 72 valence electrons. The number of hydrogen-bond donors (Lipinski definition) is 2. The second kappa shape index (κ2) is 2.69. The summed E-state index contributed by atoms with van der Waals surface area (Å²) < 4.78 is 0. The van der Waals surface area contributed by atoms with E-state index in [0.29, 0.717) is 16.9 Å². The van der Waals surface area contributed by atoms with Crippen molar-refractivity contribution < 1.29 is 10.0 Å². The lowest BCUT2D eigenvalue weighted by molar-refractivity contribution is -0.384. The molecule has 0 bridgehead atoms. The number of nitro benzene ring substituents is 1. The monoisotopic (exact) mass is 193 g/mol. The van der Waals surface area contributed by atoms with E-state index in [0.717, 1.165) is 6.07 Å². The summed E-state index contributed by atoms with van der Waals surface area (Å²) in [5, 5.41) is 19.9. The van der Waals surface area contributed by atoms with Crippen LogP contribution in [0.4, 0.5) is 5.69 Å². The fraction of sp³-hybridized carbons (Fsp3) is 0.125. The molecule has 0 amide bonds. The molecule has 2 aromatic rings. The van der Waals surface area contributed by atoms with Crippen molar-refractivity contribution in [3.05, 3.63) is 28.1 Å². The Morgan fingerprint density at radius 2 is 2.29 bits per heavy atom. The number of fused-ring (bicyclic) bond motifs is 1. The van der Waals surface area contributed by atoms with Crippen molar-refractivity contribution in [2.45, 2.75) is 6.92 Å². The minimum atomic E-state index is -0.560. The van der Waals surface area contributed by atoms with Crippen LogP contribution in [0.15, 0.2) is 12.1 Å². The number of aromatic hydroxyl groups is 1. The van der Waals surface area contributed by atoms with Gasteiger partial charge < -0.3 is 10.1 Å². The molecule has 6 nitrogen and oxygen atoms in total. The van der Waals surface area contributed by atoms with E-state index in [4.69, 9.17) is 0 Å². The Morgan fingerprint density at radius 3 is 2.93 bits per heavy atom. The molecule has 0 saturated carbocycles. The molecule has 0 atom stereocenters. The molecular weight excluding hydrogens is 186 g/mol. The molecule has 0 aliphatic carbocycles. The first kappa shape index (κ1) is 8.49. The van der Waals surface area contributed by atoms with Crippen molar-refractivity contribution in [1.82, 2.24) is 9.97 Å². The normalized spacial score (nSPS) is 10.6. The highest BCUT2D eigenvalue weighted by Crippen LogP contribution is 2.28. The largest absolute Gasteiger partial charge is 0.505 e. The van der Waals surface area contributed by atoms with Gasteiger partial charge in [-0.3, -0.25) is 10.1 Å². The van der Waals surface area contributed by atoms with E-state index in [1.807, 2.05) is 0 Å². The molecule has 0 aliphatic heterocycles. The fourth-order valence-electron chi connectivity index (χ4n) is 1.31. The van der Waals surface area contributed by atoms with Crippen LogP contribution in [0.25, 0.3) is 11.0 Å². The van der Waals surface area contributed by atoms with Crippen LogP contribution in [-0.2, 0) is 0 Å². The van der Waals surface area contributed by atoms with Gasteiger partial charge in [-0.05, 0) is 6.92 Å². The van der Waals surface area contributed by atoms with Gasteiger partial charge in [-0.2, -0.15) is 0 Å². The summed E-state index contributed by atoms with van der Waals surface area (Å²) in [5.74, 6) is 0.425. The third-order valence-electron chi connectivity index (χ3n) is 1.88. The lowest BCUT2D eigenvalue weighted by atomic mass is 10.2. The molecule has 1 aromatic heterocycles. The van der Waals surface area contributed by atoms with E-state index in [-0.39, 0.29) is 11.4 Å². The number of nitrogens with one attached hydrogen (secondary N) is 1. The van der Waals surface area contributed by atoms with E-state index >= 15 is 0 Å². The van der Waals surface area contributed by atoms with Gasteiger partial charge in [0.05, 0.1) is 16.5 Å². The lowest BCUT2D eigenvalue weighted by Gasteiger charge is -1.94. The Labute approximate surface area is 78.4 Å². The standard InChI is InChI=1S/C8H7N3O3/c1-4-9-6-2-5(11(13)14)3-7(12)8(6)10-4/h2-3,12H,1H3,(H,9,10). The number of imidazole rings is 1. The Balaban J connectivity index is 2.77. The van der Waals surface area contributed by atoms with Crippen molar-refractivity contribution in [2.24, 2.45) is 0 Å². The second-order valence-electron chi connectivity index (χ2n) is 2.94. The second-order valence-corrected chi connectivity index (χ2v) is 2.94. The molecule has 0 aliphatic rings. The predicted molar refractivity (Wildman–Crippen MR) is 49.1 cm³/mol. The van der Waals surface area contributed by atoms with Gasteiger partial charge >= 0.3 is 0 Å². The summed E-state index contributed by atoms with van der Waals surface area (Å²) in [6.07, 6.45) is 0. The molecule has 0 spiro atoms. The molecule has 0 radical (unpaired) electrons. The quantitative estimate of drug-likeness (QED) is 0.530. The third-order valence-corrected chi connectivity index (χ3v) is 1.88. The number of aryl methyl sites for hydroxylation is 1. The van der Waals surface area contributed by atoms with E-state index in [1.54, 1.807) is 6.92 Å². The van der Waals surface area contributed by atoms with Gasteiger partial charge in [-0.15, -0.1) is 0 Å². The van der Waals surface area contributed by atoms with Crippen LogP contribution in [0.1, 0.15) is 5.82 Å². The van der Waals surface area contributed by atoms with E-state index in [9.17, 15) is 15.2 Å². The van der Waals surface area contributed by atoms with Crippen molar-refractivity contribution in [3.8, 4) is 5.75 Å². The summed E-state index contributed by atoms with van der Waals surface area (Å²) >= 11 is 0. The topological polar surface area (TPSA) is 92.1 Å². The van der Waals surface area contributed by atoms with E-state index in [1.165, 1.54) is 6.07 Å². The maximum Gasteiger partial charge on any atom is 0.275 e. The molecule has 0 saturated heterocycles.